The van der Waals surface area contributed by atoms with Crippen LogP contribution in [0.15, 0.2) is 48.8 Å². The molecule has 1 N–H and O–H groups in total. The third-order valence-corrected chi connectivity index (χ3v) is 3.97. The molecule has 0 aliphatic rings. The molecule has 2 aromatic heterocycles. The van der Waals surface area contributed by atoms with Crippen LogP contribution in [0.5, 0.6) is 5.75 Å². The van der Waals surface area contributed by atoms with Gasteiger partial charge in [0.25, 0.3) is 5.91 Å². The number of amides is 1. The summed E-state index contributed by atoms with van der Waals surface area (Å²) in [5.41, 5.74) is 1.64. The summed E-state index contributed by atoms with van der Waals surface area (Å²) in [6.07, 6.45) is 3.30. The Morgan fingerprint density at radius 3 is 2.84 bits per heavy atom. The second kappa shape index (κ2) is 7.55. The van der Waals surface area contributed by atoms with Gasteiger partial charge in [0, 0.05) is 6.54 Å². The molecule has 0 fully saturated rings. The summed E-state index contributed by atoms with van der Waals surface area (Å²) in [6.45, 7) is 1.37. The van der Waals surface area contributed by atoms with E-state index in [1.807, 2.05) is 43.3 Å². The van der Waals surface area contributed by atoms with E-state index in [1.165, 1.54) is 6.20 Å². The highest BCUT2D eigenvalue weighted by Crippen LogP contribution is 2.22. The van der Waals surface area contributed by atoms with Crippen LogP contribution in [0.25, 0.3) is 5.65 Å². The Labute approximate surface area is 151 Å². The maximum Gasteiger partial charge on any atom is 0.274 e. The number of aromatic nitrogens is 2. The summed E-state index contributed by atoms with van der Waals surface area (Å²) in [5, 5.41) is 3.29. The number of para-hydroxylation sites is 1. The molecule has 2 heterocycles. The second-order valence-corrected chi connectivity index (χ2v) is 6.23. The van der Waals surface area contributed by atoms with Gasteiger partial charge in [-0.15, -0.1) is 0 Å². The molecule has 0 spiro atoms. The van der Waals surface area contributed by atoms with E-state index in [9.17, 15) is 4.79 Å². The van der Waals surface area contributed by atoms with Crippen molar-refractivity contribution in [3.05, 3.63) is 59.5 Å². The second-order valence-electron chi connectivity index (χ2n) is 5.82. The lowest BCUT2D eigenvalue weighted by molar-refractivity contribution is 0.102. The van der Waals surface area contributed by atoms with E-state index in [0.717, 1.165) is 6.54 Å². The fourth-order valence-corrected chi connectivity index (χ4v) is 2.49. The molecular weight excluding hydrogens is 340 g/mol. The number of nitrogens with one attached hydrogen (secondary N) is 1. The summed E-state index contributed by atoms with van der Waals surface area (Å²) in [5.74, 6) is 0.394. The molecule has 130 valence electrons. The fraction of sp³-hybridized carbons (Fsp3) is 0.222. The first kappa shape index (κ1) is 17.3. The number of anilines is 1. The van der Waals surface area contributed by atoms with Crippen LogP contribution in [0.1, 0.15) is 10.5 Å². The Morgan fingerprint density at radius 2 is 2.08 bits per heavy atom. The van der Waals surface area contributed by atoms with Crippen molar-refractivity contribution in [3.63, 3.8) is 0 Å². The van der Waals surface area contributed by atoms with E-state index >= 15 is 0 Å². The number of hydrogen-bond acceptors (Lipinski definition) is 4. The molecule has 25 heavy (non-hydrogen) atoms. The van der Waals surface area contributed by atoms with E-state index < -0.39 is 0 Å². The van der Waals surface area contributed by atoms with Crippen LogP contribution in [0.2, 0.25) is 5.02 Å². The minimum Gasteiger partial charge on any atom is -0.491 e. The number of imidazole rings is 1. The summed E-state index contributed by atoms with van der Waals surface area (Å²) in [4.78, 5) is 18.9. The van der Waals surface area contributed by atoms with Gasteiger partial charge in [-0.2, -0.15) is 0 Å². The first-order chi connectivity index (χ1) is 12.0. The van der Waals surface area contributed by atoms with Crippen molar-refractivity contribution >= 4 is 28.8 Å². The van der Waals surface area contributed by atoms with E-state index in [0.29, 0.717) is 34.4 Å². The van der Waals surface area contributed by atoms with Gasteiger partial charge in [-0.05, 0) is 38.4 Å². The quantitative estimate of drug-likeness (QED) is 0.735. The number of carbonyl (C=O) groups is 1. The Morgan fingerprint density at radius 1 is 1.28 bits per heavy atom. The number of ether oxygens (including phenoxy) is 1. The first-order valence-corrected chi connectivity index (χ1v) is 8.23. The highest BCUT2D eigenvalue weighted by atomic mass is 35.5. The Hall–Kier alpha value is -2.57. The minimum absolute atomic E-state index is 0.286. The first-order valence-electron chi connectivity index (χ1n) is 7.85. The predicted molar refractivity (Wildman–Crippen MR) is 98.6 cm³/mol. The zero-order chi connectivity index (χ0) is 17.8. The normalized spacial score (nSPS) is 11.0. The highest BCUT2D eigenvalue weighted by molar-refractivity contribution is 6.33. The molecular formula is C18H19ClN4O2. The molecule has 0 unspecified atom stereocenters. The van der Waals surface area contributed by atoms with Crippen molar-refractivity contribution < 1.29 is 9.53 Å². The maximum atomic E-state index is 12.6. The Kier molecular flexibility index (Phi) is 5.21. The fourth-order valence-electron chi connectivity index (χ4n) is 2.31. The van der Waals surface area contributed by atoms with E-state index in [4.69, 9.17) is 16.3 Å². The molecule has 0 bridgehead atoms. The molecule has 3 aromatic rings. The Balaban J connectivity index is 1.81. The summed E-state index contributed by atoms with van der Waals surface area (Å²) in [6, 6.07) is 10.8. The van der Waals surface area contributed by atoms with E-state index in [1.54, 1.807) is 22.7 Å². The predicted octanol–water partition coefficient (Wildman–Crippen LogP) is 3.18. The lowest BCUT2D eigenvalue weighted by Gasteiger charge is -2.11. The van der Waals surface area contributed by atoms with Crippen LogP contribution in [0.4, 0.5) is 5.69 Å². The smallest absolute Gasteiger partial charge is 0.274 e. The molecule has 3 rings (SSSR count). The number of benzene rings is 1. The average Bonchev–Trinajstić information content (AvgIpc) is 3.00. The molecule has 0 radical (unpaired) electrons. The molecule has 7 heteroatoms. The summed E-state index contributed by atoms with van der Waals surface area (Å²) >= 11 is 6.09. The summed E-state index contributed by atoms with van der Waals surface area (Å²) < 4.78 is 7.43. The molecule has 0 aliphatic heterocycles. The van der Waals surface area contributed by atoms with Gasteiger partial charge in [-0.25, -0.2) is 4.98 Å². The number of halogens is 1. The van der Waals surface area contributed by atoms with Gasteiger partial charge in [-0.1, -0.05) is 23.7 Å². The minimum atomic E-state index is -0.286. The van der Waals surface area contributed by atoms with Crippen molar-refractivity contribution in [1.29, 1.82) is 0 Å². The number of hydrogen-bond donors (Lipinski definition) is 1. The van der Waals surface area contributed by atoms with Gasteiger partial charge in [-0.3, -0.25) is 9.20 Å². The van der Waals surface area contributed by atoms with E-state index in [-0.39, 0.29) is 5.91 Å². The lowest BCUT2D eigenvalue weighted by atomic mass is 10.3. The van der Waals surface area contributed by atoms with Gasteiger partial charge in [0.1, 0.15) is 23.7 Å². The van der Waals surface area contributed by atoms with Gasteiger partial charge in [0.2, 0.25) is 0 Å². The SMILES string of the molecule is CN(C)CCOc1ccc2ncc(C(=O)Nc3ccccc3Cl)n2c1. The third kappa shape index (κ3) is 4.10. The van der Waals surface area contributed by atoms with Gasteiger partial charge >= 0.3 is 0 Å². The topological polar surface area (TPSA) is 58.9 Å². The van der Waals surface area contributed by atoms with Crippen LogP contribution in [0, 0.1) is 0 Å². The average molecular weight is 359 g/mol. The van der Waals surface area contributed by atoms with Crippen LogP contribution in [-0.4, -0.2) is 47.4 Å². The number of nitrogens with zero attached hydrogens (tertiary/aromatic N) is 3. The monoisotopic (exact) mass is 358 g/mol. The van der Waals surface area contributed by atoms with Crippen molar-refractivity contribution in [2.45, 2.75) is 0 Å². The van der Waals surface area contributed by atoms with E-state index in [2.05, 4.69) is 10.3 Å². The molecule has 0 aliphatic carbocycles. The van der Waals surface area contributed by atoms with Gasteiger partial charge in [0.05, 0.1) is 23.1 Å². The molecule has 0 saturated carbocycles. The maximum absolute atomic E-state index is 12.6. The van der Waals surface area contributed by atoms with Gasteiger partial charge < -0.3 is 15.0 Å². The Bertz CT molecular complexity index is 892. The molecule has 0 atom stereocenters. The number of rotatable bonds is 6. The number of carbonyl (C=O) groups excluding carboxylic acids is 1. The number of fused-ring (bicyclic) bond motifs is 1. The zero-order valence-corrected chi connectivity index (χ0v) is 14.8. The molecule has 0 saturated heterocycles. The van der Waals surface area contributed by atoms with Crippen LogP contribution >= 0.6 is 11.6 Å². The largest absolute Gasteiger partial charge is 0.491 e. The number of likely N-dealkylation sites (N-methyl/N-ethyl adjacent to an activating group) is 1. The zero-order valence-electron chi connectivity index (χ0n) is 14.1. The van der Waals surface area contributed by atoms with Crippen LogP contribution in [0.3, 0.4) is 0 Å². The van der Waals surface area contributed by atoms with Crippen molar-refractivity contribution in [2.24, 2.45) is 0 Å². The van der Waals surface area contributed by atoms with Crippen LogP contribution in [-0.2, 0) is 0 Å². The van der Waals surface area contributed by atoms with Crippen molar-refractivity contribution in [1.82, 2.24) is 14.3 Å². The molecule has 6 nitrogen and oxygen atoms in total. The standard InChI is InChI=1S/C18H19ClN4O2/c1-22(2)9-10-25-13-7-8-17-20-11-16(23(17)12-13)18(24)21-15-6-4-3-5-14(15)19/h3-8,11-12H,9-10H2,1-2H3,(H,21,24). The lowest BCUT2D eigenvalue weighted by Crippen LogP contribution is -2.19. The number of pyridine rings is 1. The van der Waals surface area contributed by atoms with Gasteiger partial charge in [0.15, 0.2) is 0 Å². The summed E-state index contributed by atoms with van der Waals surface area (Å²) in [7, 11) is 3.97. The third-order valence-electron chi connectivity index (χ3n) is 3.64. The molecule has 1 aromatic carbocycles. The van der Waals surface area contributed by atoms with Crippen LogP contribution < -0.4 is 10.1 Å². The van der Waals surface area contributed by atoms with Crippen molar-refractivity contribution in [2.75, 3.05) is 32.6 Å². The molecule has 1 amide bonds. The van der Waals surface area contributed by atoms with Crippen molar-refractivity contribution in [3.8, 4) is 5.75 Å². The highest BCUT2D eigenvalue weighted by Gasteiger charge is 2.14.